The molecule has 0 atom stereocenters. The summed E-state index contributed by atoms with van der Waals surface area (Å²) in [5.41, 5.74) is 1.81. The van der Waals surface area contributed by atoms with Gasteiger partial charge in [0.2, 0.25) is 5.91 Å². The molecular formula is C11H13BrN2O. The maximum absolute atomic E-state index is 11.5. The van der Waals surface area contributed by atoms with Crippen molar-refractivity contribution in [2.45, 2.75) is 26.2 Å². The Morgan fingerprint density at radius 2 is 2.40 bits per heavy atom. The van der Waals surface area contributed by atoms with Gasteiger partial charge in [0.05, 0.1) is 11.9 Å². The first-order valence-electron chi connectivity index (χ1n) is 5.07. The molecule has 3 nitrogen and oxygen atoms in total. The number of carbonyl (C=O) groups is 1. The third-order valence-electron chi connectivity index (χ3n) is 2.47. The van der Waals surface area contributed by atoms with Crippen molar-refractivity contribution in [1.29, 1.82) is 0 Å². The number of rotatable bonds is 3. The summed E-state index contributed by atoms with van der Waals surface area (Å²) in [6.07, 6.45) is 4.72. The molecule has 1 N–H and O–H groups in total. The van der Waals surface area contributed by atoms with Gasteiger partial charge in [-0.25, -0.2) is 4.98 Å². The van der Waals surface area contributed by atoms with E-state index in [1.807, 2.05) is 13.0 Å². The third-order valence-corrected chi connectivity index (χ3v) is 3.30. The average Bonchev–Trinajstić information content (AvgIpc) is 2.95. The van der Waals surface area contributed by atoms with Crippen LogP contribution in [0.25, 0.3) is 0 Å². The molecular weight excluding hydrogens is 256 g/mol. The minimum atomic E-state index is 0.0982. The Balaban J connectivity index is 1.97. The van der Waals surface area contributed by atoms with Crippen molar-refractivity contribution in [3.05, 3.63) is 22.4 Å². The Labute approximate surface area is 97.4 Å². The lowest BCUT2D eigenvalue weighted by Gasteiger charge is -2.05. The molecule has 80 valence electrons. The van der Waals surface area contributed by atoms with Gasteiger partial charge in [-0.05, 0) is 53.2 Å². The van der Waals surface area contributed by atoms with Crippen molar-refractivity contribution in [2.24, 2.45) is 5.92 Å². The van der Waals surface area contributed by atoms with Gasteiger partial charge in [-0.3, -0.25) is 4.79 Å². The predicted octanol–water partition coefficient (Wildman–Crippen LogP) is 2.89. The Morgan fingerprint density at radius 1 is 1.67 bits per heavy atom. The topological polar surface area (TPSA) is 42.0 Å². The van der Waals surface area contributed by atoms with Gasteiger partial charge >= 0.3 is 0 Å². The quantitative estimate of drug-likeness (QED) is 0.857. The molecule has 0 aliphatic heterocycles. The number of hydrogen-bond acceptors (Lipinski definition) is 2. The molecule has 1 saturated carbocycles. The fraction of sp³-hybridized carbons (Fsp3) is 0.455. The van der Waals surface area contributed by atoms with Crippen LogP contribution in [0.5, 0.6) is 0 Å². The Hall–Kier alpha value is -0.900. The van der Waals surface area contributed by atoms with Crippen LogP contribution in [-0.4, -0.2) is 10.9 Å². The van der Waals surface area contributed by atoms with Crippen LogP contribution in [0.3, 0.4) is 0 Å². The Morgan fingerprint density at radius 3 is 3.00 bits per heavy atom. The summed E-state index contributed by atoms with van der Waals surface area (Å²) in [5.74, 6) is 0.718. The largest absolute Gasteiger partial charge is 0.325 e. The van der Waals surface area contributed by atoms with Crippen molar-refractivity contribution in [2.75, 3.05) is 5.32 Å². The van der Waals surface area contributed by atoms with Gasteiger partial charge in [0.15, 0.2) is 0 Å². The molecule has 15 heavy (non-hydrogen) atoms. The van der Waals surface area contributed by atoms with Gasteiger partial charge in [-0.2, -0.15) is 0 Å². The molecule has 0 aromatic carbocycles. The summed E-state index contributed by atoms with van der Waals surface area (Å²) < 4.78 is 0.822. The molecule has 2 rings (SSSR count). The zero-order valence-electron chi connectivity index (χ0n) is 8.59. The molecule has 1 amide bonds. The molecule has 1 aromatic heterocycles. The van der Waals surface area contributed by atoms with Gasteiger partial charge in [0.1, 0.15) is 4.60 Å². The van der Waals surface area contributed by atoms with E-state index in [0.29, 0.717) is 12.3 Å². The maximum Gasteiger partial charge on any atom is 0.224 e. The maximum atomic E-state index is 11.5. The summed E-state index contributed by atoms with van der Waals surface area (Å²) in [4.78, 5) is 15.6. The number of halogens is 1. The zero-order chi connectivity index (χ0) is 10.8. The molecule has 0 radical (unpaired) electrons. The van der Waals surface area contributed by atoms with Crippen LogP contribution >= 0.6 is 15.9 Å². The van der Waals surface area contributed by atoms with E-state index in [2.05, 4.69) is 26.2 Å². The van der Waals surface area contributed by atoms with E-state index in [-0.39, 0.29) is 5.91 Å². The number of anilines is 1. The highest BCUT2D eigenvalue weighted by molar-refractivity contribution is 9.10. The molecule has 1 heterocycles. The zero-order valence-corrected chi connectivity index (χ0v) is 10.2. The Bertz CT molecular complexity index is 388. The Kier molecular flexibility index (Phi) is 3.05. The number of nitrogens with one attached hydrogen (secondary N) is 1. The van der Waals surface area contributed by atoms with E-state index in [0.717, 1.165) is 15.9 Å². The van der Waals surface area contributed by atoms with E-state index in [1.165, 1.54) is 12.8 Å². The molecule has 1 fully saturated rings. The molecule has 0 unspecified atom stereocenters. The summed E-state index contributed by atoms with van der Waals surface area (Å²) in [7, 11) is 0. The first-order valence-corrected chi connectivity index (χ1v) is 5.86. The highest BCUT2D eigenvalue weighted by Crippen LogP contribution is 2.32. The van der Waals surface area contributed by atoms with Gasteiger partial charge in [-0.1, -0.05) is 0 Å². The molecule has 1 aromatic rings. The second-order valence-electron chi connectivity index (χ2n) is 4.03. The third kappa shape index (κ3) is 3.02. The summed E-state index contributed by atoms with van der Waals surface area (Å²) in [6.45, 7) is 1.95. The van der Waals surface area contributed by atoms with E-state index in [1.54, 1.807) is 6.20 Å². The number of aryl methyl sites for hydroxylation is 1. The van der Waals surface area contributed by atoms with Crippen LogP contribution < -0.4 is 5.32 Å². The fourth-order valence-corrected chi connectivity index (χ4v) is 1.64. The second kappa shape index (κ2) is 4.31. The van der Waals surface area contributed by atoms with Crippen LogP contribution in [0, 0.1) is 12.8 Å². The molecule has 1 aliphatic rings. The molecule has 1 aliphatic carbocycles. The highest BCUT2D eigenvalue weighted by Gasteiger charge is 2.24. The van der Waals surface area contributed by atoms with E-state index < -0.39 is 0 Å². The van der Waals surface area contributed by atoms with E-state index in [9.17, 15) is 4.79 Å². The van der Waals surface area contributed by atoms with Crippen molar-refractivity contribution in [3.63, 3.8) is 0 Å². The standard InChI is InChI=1S/C11H13BrN2O/c1-7-4-9(6-13-11(7)12)14-10(15)5-8-2-3-8/h4,6,8H,2-3,5H2,1H3,(H,14,15). The number of nitrogens with zero attached hydrogens (tertiary/aromatic N) is 1. The SMILES string of the molecule is Cc1cc(NC(=O)CC2CC2)cnc1Br. The molecule has 0 saturated heterocycles. The first-order chi connectivity index (χ1) is 7.15. The smallest absolute Gasteiger partial charge is 0.224 e. The number of carbonyl (C=O) groups excluding carboxylic acids is 1. The lowest BCUT2D eigenvalue weighted by Crippen LogP contribution is -2.12. The minimum Gasteiger partial charge on any atom is -0.325 e. The first kappa shape index (κ1) is 10.6. The van der Waals surface area contributed by atoms with Crippen LogP contribution in [0.4, 0.5) is 5.69 Å². The minimum absolute atomic E-state index is 0.0982. The summed E-state index contributed by atoms with van der Waals surface area (Å²) >= 11 is 3.32. The van der Waals surface area contributed by atoms with Gasteiger partial charge < -0.3 is 5.32 Å². The summed E-state index contributed by atoms with van der Waals surface area (Å²) in [6, 6.07) is 1.92. The van der Waals surface area contributed by atoms with Crippen LogP contribution in [0.1, 0.15) is 24.8 Å². The van der Waals surface area contributed by atoms with Gasteiger partial charge in [0.25, 0.3) is 0 Å². The van der Waals surface area contributed by atoms with E-state index >= 15 is 0 Å². The monoisotopic (exact) mass is 268 g/mol. The molecule has 4 heteroatoms. The van der Waals surface area contributed by atoms with Gasteiger partial charge in [-0.15, -0.1) is 0 Å². The lowest BCUT2D eigenvalue weighted by atomic mass is 10.2. The number of amides is 1. The predicted molar refractivity (Wildman–Crippen MR) is 62.6 cm³/mol. The van der Waals surface area contributed by atoms with Crippen LogP contribution in [-0.2, 0) is 4.79 Å². The number of aromatic nitrogens is 1. The molecule has 0 bridgehead atoms. The van der Waals surface area contributed by atoms with Crippen molar-refractivity contribution in [3.8, 4) is 0 Å². The molecule has 0 spiro atoms. The highest BCUT2D eigenvalue weighted by atomic mass is 79.9. The van der Waals surface area contributed by atoms with Crippen molar-refractivity contribution in [1.82, 2.24) is 4.98 Å². The van der Waals surface area contributed by atoms with E-state index in [4.69, 9.17) is 0 Å². The van der Waals surface area contributed by atoms with Crippen molar-refractivity contribution >= 4 is 27.5 Å². The number of pyridine rings is 1. The fourth-order valence-electron chi connectivity index (χ4n) is 1.42. The number of hydrogen-bond donors (Lipinski definition) is 1. The summed E-state index contributed by atoms with van der Waals surface area (Å²) in [5, 5.41) is 2.86. The van der Waals surface area contributed by atoms with Crippen LogP contribution in [0.2, 0.25) is 0 Å². The average molecular weight is 269 g/mol. The second-order valence-corrected chi connectivity index (χ2v) is 4.78. The lowest BCUT2D eigenvalue weighted by molar-refractivity contribution is -0.116. The van der Waals surface area contributed by atoms with Gasteiger partial charge in [0, 0.05) is 6.42 Å². The normalized spacial score (nSPS) is 15.1. The van der Waals surface area contributed by atoms with Crippen molar-refractivity contribution < 1.29 is 4.79 Å². The van der Waals surface area contributed by atoms with Crippen LogP contribution in [0.15, 0.2) is 16.9 Å².